The Morgan fingerprint density at radius 3 is 2.43 bits per heavy atom. The first-order valence-corrected chi connectivity index (χ1v) is 9.80. The summed E-state index contributed by atoms with van der Waals surface area (Å²) in [6, 6.07) is 0. The summed E-state index contributed by atoms with van der Waals surface area (Å²) in [5.74, 6) is 5.73. The van der Waals surface area contributed by atoms with Crippen LogP contribution in [0.1, 0.15) is 85.0 Å². The standard InChI is InChI=1S/C20H36O/c1-4-11-20(21)12-10-17-15(13-20)7-9-18-16(5-2)14(3)6-8-19(17)18/h14-19,21H,4-13H2,1-3H3/t14?,15?,16?,17?,18?,19?,20-/m1/s1. The third kappa shape index (κ3) is 2.92. The lowest BCUT2D eigenvalue weighted by Crippen LogP contribution is -2.48. The van der Waals surface area contributed by atoms with Crippen LogP contribution in [0.4, 0.5) is 0 Å². The zero-order chi connectivity index (χ0) is 15.0. The molecule has 0 spiro atoms. The predicted molar refractivity (Wildman–Crippen MR) is 89.1 cm³/mol. The van der Waals surface area contributed by atoms with E-state index in [0.29, 0.717) is 0 Å². The fraction of sp³-hybridized carbons (Fsp3) is 1.00. The van der Waals surface area contributed by atoms with Gasteiger partial charge in [0.25, 0.3) is 0 Å². The van der Waals surface area contributed by atoms with E-state index in [1.807, 2.05) is 0 Å². The Hall–Kier alpha value is -0.0400. The molecule has 122 valence electrons. The Morgan fingerprint density at radius 2 is 1.71 bits per heavy atom. The Morgan fingerprint density at radius 1 is 0.952 bits per heavy atom. The quantitative estimate of drug-likeness (QED) is 0.736. The van der Waals surface area contributed by atoms with E-state index in [4.69, 9.17) is 0 Å². The Kier molecular flexibility index (Phi) is 4.69. The molecule has 0 aromatic rings. The second kappa shape index (κ2) is 6.22. The van der Waals surface area contributed by atoms with E-state index in [2.05, 4.69) is 20.8 Å². The van der Waals surface area contributed by atoms with Crippen LogP contribution in [0.25, 0.3) is 0 Å². The van der Waals surface area contributed by atoms with Crippen molar-refractivity contribution in [3.05, 3.63) is 0 Å². The normalized spacial score (nSPS) is 50.3. The van der Waals surface area contributed by atoms with E-state index in [1.54, 1.807) is 0 Å². The van der Waals surface area contributed by atoms with Gasteiger partial charge >= 0.3 is 0 Å². The maximum Gasteiger partial charge on any atom is 0.0650 e. The SMILES string of the molecule is CCC[C@@]1(O)CCC2C(CCC3C(CC)C(C)CCC23)C1. The van der Waals surface area contributed by atoms with Crippen LogP contribution >= 0.6 is 0 Å². The highest BCUT2D eigenvalue weighted by Gasteiger charge is 2.49. The second-order valence-electron chi connectivity index (χ2n) is 8.67. The Bertz CT molecular complexity index is 352. The van der Waals surface area contributed by atoms with E-state index in [1.165, 1.54) is 38.5 Å². The first-order valence-electron chi connectivity index (χ1n) is 9.80. The summed E-state index contributed by atoms with van der Waals surface area (Å²) in [6.45, 7) is 7.13. The van der Waals surface area contributed by atoms with E-state index in [0.717, 1.165) is 61.2 Å². The molecule has 0 amide bonds. The van der Waals surface area contributed by atoms with Crippen molar-refractivity contribution in [2.24, 2.45) is 35.5 Å². The molecular formula is C20H36O. The predicted octanol–water partition coefficient (Wildman–Crippen LogP) is 5.42. The topological polar surface area (TPSA) is 20.2 Å². The van der Waals surface area contributed by atoms with Crippen molar-refractivity contribution in [2.45, 2.75) is 90.6 Å². The number of aliphatic hydroxyl groups is 1. The van der Waals surface area contributed by atoms with Gasteiger partial charge in [-0.3, -0.25) is 0 Å². The van der Waals surface area contributed by atoms with Crippen LogP contribution in [-0.4, -0.2) is 10.7 Å². The van der Waals surface area contributed by atoms with Crippen molar-refractivity contribution in [2.75, 3.05) is 0 Å². The summed E-state index contributed by atoms with van der Waals surface area (Å²) >= 11 is 0. The van der Waals surface area contributed by atoms with Crippen molar-refractivity contribution in [1.82, 2.24) is 0 Å². The maximum absolute atomic E-state index is 10.8. The number of hydrogen-bond donors (Lipinski definition) is 1. The van der Waals surface area contributed by atoms with Gasteiger partial charge in [-0.25, -0.2) is 0 Å². The monoisotopic (exact) mass is 292 g/mol. The molecule has 1 N–H and O–H groups in total. The van der Waals surface area contributed by atoms with Crippen LogP contribution in [0.2, 0.25) is 0 Å². The molecule has 1 heteroatoms. The highest BCUT2D eigenvalue weighted by atomic mass is 16.3. The third-order valence-corrected chi connectivity index (χ3v) is 7.58. The van der Waals surface area contributed by atoms with Gasteiger partial charge in [-0.05, 0) is 80.5 Å². The Labute approximate surface area is 131 Å². The van der Waals surface area contributed by atoms with Crippen LogP contribution < -0.4 is 0 Å². The number of rotatable bonds is 3. The molecule has 7 atom stereocenters. The van der Waals surface area contributed by atoms with E-state index in [-0.39, 0.29) is 5.60 Å². The first kappa shape index (κ1) is 15.8. The summed E-state index contributed by atoms with van der Waals surface area (Å²) in [6.07, 6.45) is 12.9. The molecule has 0 heterocycles. The molecule has 0 aliphatic heterocycles. The van der Waals surface area contributed by atoms with E-state index >= 15 is 0 Å². The molecule has 0 radical (unpaired) electrons. The molecule has 6 unspecified atom stereocenters. The van der Waals surface area contributed by atoms with Crippen molar-refractivity contribution in [3.8, 4) is 0 Å². The van der Waals surface area contributed by atoms with Crippen LogP contribution in [-0.2, 0) is 0 Å². The molecule has 3 fully saturated rings. The van der Waals surface area contributed by atoms with Gasteiger partial charge in [0, 0.05) is 0 Å². The average molecular weight is 293 g/mol. The number of fused-ring (bicyclic) bond motifs is 3. The molecular weight excluding hydrogens is 256 g/mol. The smallest absolute Gasteiger partial charge is 0.0650 e. The molecule has 0 saturated heterocycles. The van der Waals surface area contributed by atoms with Crippen molar-refractivity contribution in [3.63, 3.8) is 0 Å². The van der Waals surface area contributed by atoms with Gasteiger partial charge < -0.3 is 5.11 Å². The fourth-order valence-corrected chi connectivity index (χ4v) is 6.68. The molecule has 3 rings (SSSR count). The molecule has 1 nitrogen and oxygen atoms in total. The second-order valence-corrected chi connectivity index (χ2v) is 8.67. The molecule has 0 bridgehead atoms. The minimum absolute atomic E-state index is 0.311. The van der Waals surface area contributed by atoms with Crippen LogP contribution in [0.5, 0.6) is 0 Å². The highest BCUT2D eigenvalue weighted by Crippen LogP contribution is 2.56. The van der Waals surface area contributed by atoms with Gasteiger partial charge in [0.05, 0.1) is 5.60 Å². The first-order chi connectivity index (χ1) is 10.1. The lowest BCUT2D eigenvalue weighted by atomic mass is 9.51. The van der Waals surface area contributed by atoms with Crippen LogP contribution in [0, 0.1) is 35.5 Å². The van der Waals surface area contributed by atoms with Gasteiger partial charge in [-0.1, -0.05) is 40.0 Å². The highest BCUT2D eigenvalue weighted by molar-refractivity contribution is 4.99. The lowest BCUT2D eigenvalue weighted by molar-refractivity contribution is -0.0947. The van der Waals surface area contributed by atoms with E-state index < -0.39 is 0 Å². The van der Waals surface area contributed by atoms with Crippen LogP contribution in [0.3, 0.4) is 0 Å². The molecule has 3 aliphatic carbocycles. The third-order valence-electron chi connectivity index (χ3n) is 7.58. The summed E-state index contributed by atoms with van der Waals surface area (Å²) < 4.78 is 0. The van der Waals surface area contributed by atoms with Gasteiger partial charge in [0.15, 0.2) is 0 Å². The van der Waals surface area contributed by atoms with Gasteiger partial charge in [-0.2, -0.15) is 0 Å². The largest absolute Gasteiger partial charge is 0.390 e. The lowest BCUT2D eigenvalue weighted by Gasteiger charge is -2.54. The summed E-state index contributed by atoms with van der Waals surface area (Å²) in [7, 11) is 0. The summed E-state index contributed by atoms with van der Waals surface area (Å²) in [4.78, 5) is 0. The summed E-state index contributed by atoms with van der Waals surface area (Å²) in [5, 5.41) is 10.8. The molecule has 3 aliphatic rings. The molecule has 0 aromatic heterocycles. The van der Waals surface area contributed by atoms with Crippen molar-refractivity contribution in [1.29, 1.82) is 0 Å². The zero-order valence-electron chi connectivity index (χ0n) is 14.5. The Balaban J connectivity index is 1.71. The minimum atomic E-state index is -0.311. The minimum Gasteiger partial charge on any atom is -0.390 e. The van der Waals surface area contributed by atoms with Crippen molar-refractivity contribution >= 4 is 0 Å². The van der Waals surface area contributed by atoms with Gasteiger partial charge in [0.1, 0.15) is 0 Å². The molecule has 21 heavy (non-hydrogen) atoms. The summed E-state index contributed by atoms with van der Waals surface area (Å²) in [5.41, 5.74) is -0.311. The maximum atomic E-state index is 10.8. The fourth-order valence-electron chi connectivity index (χ4n) is 6.68. The zero-order valence-corrected chi connectivity index (χ0v) is 14.5. The molecule has 3 saturated carbocycles. The molecule has 0 aromatic carbocycles. The van der Waals surface area contributed by atoms with Crippen molar-refractivity contribution < 1.29 is 5.11 Å². The van der Waals surface area contributed by atoms with E-state index in [9.17, 15) is 5.11 Å². The van der Waals surface area contributed by atoms with Gasteiger partial charge in [0.2, 0.25) is 0 Å². The average Bonchev–Trinajstić information content (AvgIpc) is 2.46. The van der Waals surface area contributed by atoms with Gasteiger partial charge in [-0.15, -0.1) is 0 Å². The van der Waals surface area contributed by atoms with Crippen LogP contribution in [0.15, 0.2) is 0 Å². The number of hydrogen-bond acceptors (Lipinski definition) is 1.